The highest BCUT2D eigenvalue weighted by Crippen LogP contribution is 2.25. The van der Waals surface area contributed by atoms with Gasteiger partial charge >= 0.3 is 0 Å². The van der Waals surface area contributed by atoms with Crippen LogP contribution in [0.4, 0.5) is 0 Å². The summed E-state index contributed by atoms with van der Waals surface area (Å²) in [6, 6.07) is 20.6. The molecule has 0 amide bonds. The second-order valence-corrected chi connectivity index (χ2v) is 3.57. The Hall–Kier alpha value is -2.53. The van der Waals surface area contributed by atoms with Crippen molar-refractivity contribution in [2.45, 2.75) is 0 Å². The van der Waals surface area contributed by atoms with Crippen LogP contribution in [0.25, 0.3) is 5.57 Å². The topological polar surface area (TPSA) is 44.0 Å². The summed E-state index contributed by atoms with van der Waals surface area (Å²) in [5, 5.41) is 18.6. The van der Waals surface area contributed by atoms with Gasteiger partial charge in [-0.3, -0.25) is 0 Å². The molecule has 2 nitrogen and oxygen atoms in total. The lowest BCUT2D eigenvalue weighted by molar-refractivity contribution is 0.439. The minimum absolute atomic E-state index is 0.262. The highest BCUT2D eigenvalue weighted by atomic mass is 16.3. The molecule has 0 atom stereocenters. The molecule has 0 aliphatic heterocycles. The van der Waals surface area contributed by atoms with Gasteiger partial charge < -0.3 is 5.11 Å². The quantitative estimate of drug-likeness (QED) is 0.479. The Balaban J connectivity index is 2.61. The molecule has 0 bridgehead atoms. The molecular formula is C15H11NO. The average molecular weight is 221 g/mol. The van der Waals surface area contributed by atoms with Crippen LogP contribution in [0.1, 0.15) is 11.1 Å². The zero-order valence-corrected chi connectivity index (χ0v) is 9.17. The van der Waals surface area contributed by atoms with E-state index >= 15 is 0 Å². The van der Waals surface area contributed by atoms with E-state index in [1.165, 1.54) is 0 Å². The first kappa shape index (κ1) is 11.0. The van der Waals surface area contributed by atoms with Crippen LogP contribution < -0.4 is 0 Å². The van der Waals surface area contributed by atoms with Crippen LogP contribution in [-0.4, -0.2) is 5.11 Å². The fourth-order valence-electron chi connectivity index (χ4n) is 1.71. The van der Waals surface area contributed by atoms with Crippen LogP contribution in [0.5, 0.6) is 0 Å². The predicted octanol–water partition coefficient (Wildman–Crippen LogP) is 3.53. The minimum atomic E-state index is -0.262. The molecule has 0 aromatic heterocycles. The molecule has 2 heteroatoms. The SMILES string of the molecule is N#CC(O)=C(c1ccccc1)c1ccccc1. The van der Waals surface area contributed by atoms with Crippen molar-refractivity contribution in [1.82, 2.24) is 0 Å². The second-order valence-electron chi connectivity index (χ2n) is 3.57. The largest absolute Gasteiger partial charge is 0.499 e. The molecule has 0 saturated heterocycles. The molecule has 0 radical (unpaired) electrons. The lowest BCUT2D eigenvalue weighted by Gasteiger charge is -2.07. The molecule has 1 N–H and O–H groups in total. The van der Waals surface area contributed by atoms with E-state index in [9.17, 15) is 5.11 Å². The lowest BCUT2D eigenvalue weighted by Crippen LogP contribution is -1.92. The molecule has 0 saturated carbocycles. The van der Waals surface area contributed by atoms with Crippen molar-refractivity contribution >= 4 is 5.57 Å². The van der Waals surface area contributed by atoms with Gasteiger partial charge in [0.2, 0.25) is 5.76 Å². The van der Waals surface area contributed by atoms with Gasteiger partial charge in [-0.25, -0.2) is 0 Å². The predicted molar refractivity (Wildman–Crippen MR) is 67.1 cm³/mol. The number of hydrogen-bond acceptors (Lipinski definition) is 2. The van der Waals surface area contributed by atoms with Gasteiger partial charge in [-0.2, -0.15) is 5.26 Å². The maximum Gasteiger partial charge on any atom is 0.203 e. The van der Waals surface area contributed by atoms with Crippen molar-refractivity contribution in [3.63, 3.8) is 0 Å². The van der Waals surface area contributed by atoms with E-state index in [1.807, 2.05) is 60.7 Å². The van der Waals surface area contributed by atoms with E-state index in [-0.39, 0.29) is 5.76 Å². The molecule has 0 fully saturated rings. The standard InChI is InChI=1S/C15H11NO/c16-11-14(17)15(12-7-3-1-4-8-12)13-9-5-2-6-10-13/h1-10,17H. The number of benzene rings is 2. The zero-order chi connectivity index (χ0) is 12.1. The van der Waals surface area contributed by atoms with Crippen LogP contribution in [-0.2, 0) is 0 Å². The molecule has 0 heterocycles. The normalized spacial score (nSPS) is 9.35. The minimum Gasteiger partial charge on any atom is -0.499 e. The molecule has 0 aliphatic carbocycles. The molecule has 82 valence electrons. The van der Waals surface area contributed by atoms with E-state index in [1.54, 1.807) is 6.07 Å². The molecule has 2 aromatic carbocycles. The monoisotopic (exact) mass is 221 g/mol. The third-order valence-electron chi connectivity index (χ3n) is 2.47. The number of rotatable bonds is 2. The number of hydrogen-bond donors (Lipinski definition) is 1. The first-order valence-electron chi connectivity index (χ1n) is 5.27. The van der Waals surface area contributed by atoms with Crippen molar-refractivity contribution in [3.8, 4) is 6.07 Å². The van der Waals surface area contributed by atoms with E-state index < -0.39 is 0 Å². The molecular weight excluding hydrogens is 210 g/mol. The lowest BCUT2D eigenvalue weighted by atomic mass is 9.97. The Labute approximate surface area is 100 Å². The first-order chi connectivity index (χ1) is 8.33. The Morgan fingerprint density at radius 2 is 1.24 bits per heavy atom. The van der Waals surface area contributed by atoms with Crippen LogP contribution >= 0.6 is 0 Å². The summed E-state index contributed by atoms with van der Waals surface area (Å²) in [7, 11) is 0. The molecule has 2 rings (SSSR count). The van der Waals surface area contributed by atoms with Crippen molar-refractivity contribution in [2.75, 3.05) is 0 Å². The molecule has 2 aromatic rings. The highest BCUT2D eigenvalue weighted by molar-refractivity contribution is 5.82. The van der Waals surface area contributed by atoms with Gasteiger partial charge in [-0.05, 0) is 11.1 Å². The second kappa shape index (κ2) is 5.00. The summed E-state index contributed by atoms with van der Waals surface area (Å²) in [5.74, 6) is -0.262. The van der Waals surface area contributed by atoms with Crippen molar-refractivity contribution in [3.05, 3.63) is 77.5 Å². The Morgan fingerprint density at radius 1 is 0.824 bits per heavy atom. The zero-order valence-electron chi connectivity index (χ0n) is 9.17. The third kappa shape index (κ3) is 2.35. The fraction of sp³-hybridized carbons (Fsp3) is 0. The van der Waals surface area contributed by atoms with E-state index in [4.69, 9.17) is 5.26 Å². The smallest absolute Gasteiger partial charge is 0.203 e. The number of nitriles is 1. The van der Waals surface area contributed by atoms with Crippen LogP contribution in [0, 0.1) is 11.3 Å². The van der Waals surface area contributed by atoms with Gasteiger partial charge in [-0.1, -0.05) is 60.7 Å². The van der Waals surface area contributed by atoms with Crippen LogP contribution in [0.15, 0.2) is 66.4 Å². The third-order valence-corrected chi connectivity index (χ3v) is 2.47. The first-order valence-corrected chi connectivity index (χ1v) is 5.27. The maximum atomic E-state index is 9.74. The van der Waals surface area contributed by atoms with Gasteiger partial charge in [0, 0.05) is 5.57 Å². The fourth-order valence-corrected chi connectivity index (χ4v) is 1.71. The van der Waals surface area contributed by atoms with E-state index in [2.05, 4.69) is 0 Å². The maximum absolute atomic E-state index is 9.74. The summed E-state index contributed by atoms with van der Waals surface area (Å²) in [4.78, 5) is 0. The Bertz CT molecular complexity index is 523. The van der Waals surface area contributed by atoms with Gasteiger partial charge in [-0.15, -0.1) is 0 Å². The summed E-state index contributed by atoms with van der Waals surface area (Å²) in [6.07, 6.45) is 0. The van der Waals surface area contributed by atoms with Crippen molar-refractivity contribution in [2.24, 2.45) is 0 Å². The Kier molecular flexibility index (Phi) is 3.23. The summed E-state index contributed by atoms with van der Waals surface area (Å²) >= 11 is 0. The highest BCUT2D eigenvalue weighted by Gasteiger charge is 2.10. The van der Waals surface area contributed by atoms with E-state index in [0.717, 1.165) is 11.1 Å². The van der Waals surface area contributed by atoms with Gasteiger partial charge in [0.05, 0.1) is 0 Å². The summed E-state index contributed by atoms with van der Waals surface area (Å²) in [6.45, 7) is 0. The van der Waals surface area contributed by atoms with Crippen LogP contribution in [0.2, 0.25) is 0 Å². The number of aliphatic hydroxyl groups excluding tert-OH is 1. The molecule has 17 heavy (non-hydrogen) atoms. The molecule has 0 aliphatic rings. The molecule has 0 spiro atoms. The Morgan fingerprint density at radius 3 is 1.59 bits per heavy atom. The number of aliphatic hydroxyl groups is 1. The number of allylic oxidation sites excluding steroid dienone is 1. The summed E-state index contributed by atoms with van der Waals surface area (Å²) < 4.78 is 0. The molecule has 0 unspecified atom stereocenters. The van der Waals surface area contributed by atoms with Gasteiger partial charge in [0.1, 0.15) is 6.07 Å². The average Bonchev–Trinajstić information content (AvgIpc) is 2.41. The van der Waals surface area contributed by atoms with Crippen LogP contribution in [0.3, 0.4) is 0 Å². The van der Waals surface area contributed by atoms with Crippen molar-refractivity contribution < 1.29 is 5.11 Å². The van der Waals surface area contributed by atoms with Crippen molar-refractivity contribution in [1.29, 1.82) is 5.26 Å². The van der Waals surface area contributed by atoms with Gasteiger partial charge in [0.15, 0.2) is 0 Å². The number of nitrogens with zero attached hydrogens (tertiary/aromatic N) is 1. The van der Waals surface area contributed by atoms with Gasteiger partial charge in [0.25, 0.3) is 0 Å². The van der Waals surface area contributed by atoms with E-state index in [0.29, 0.717) is 5.57 Å². The summed E-state index contributed by atoms with van der Waals surface area (Å²) in [5.41, 5.74) is 2.23.